The summed E-state index contributed by atoms with van der Waals surface area (Å²) >= 11 is 0. The van der Waals surface area contributed by atoms with Gasteiger partial charge in [-0.25, -0.2) is 9.78 Å². The lowest BCUT2D eigenvalue weighted by Gasteiger charge is -2.00. The van der Waals surface area contributed by atoms with Crippen LogP contribution in [0, 0.1) is 13.8 Å². The first-order chi connectivity index (χ1) is 9.47. The second-order valence-corrected chi connectivity index (χ2v) is 4.59. The molecule has 0 unspecified atom stereocenters. The van der Waals surface area contributed by atoms with Gasteiger partial charge >= 0.3 is 5.69 Å². The number of aromatic amines is 2. The zero-order chi connectivity index (χ0) is 14.4. The second kappa shape index (κ2) is 4.12. The molecule has 0 spiro atoms. The fourth-order valence-corrected chi connectivity index (χ4v) is 2.02. The molecule has 0 aromatic carbocycles. The van der Waals surface area contributed by atoms with E-state index in [1.165, 1.54) is 4.57 Å². The van der Waals surface area contributed by atoms with E-state index in [-0.39, 0.29) is 5.52 Å². The Balaban J connectivity index is 2.37. The van der Waals surface area contributed by atoms with Gasteiger partial charge in [0.05, 0.1) is 11.4 Å². The number of H-pyrrole nitrogens is 2. The van der Waals surface area contributed by atoms with Crippen LogP contribution in [0.3, 0.4) is 0 Å². The molecule has 3 aromatic heterocycles. The average molecular weight is 272 g/mol. The summed E-state index contributed by atoms with van der Waals surface area (Å²) < 4.78 is 1.29. The zero-order valence-corrected chi connectivity index (χ0v) is 11.2. The minimum Gasteiger partial charge on any atom is -0.332 e. The van der Waals surface area contributed by atoms with E-state index in [1.807, 2.05) is 13.0 Å². The van der Waals surface area contributed by atoms with E-state index >= 15 is 0 Å². The molecule has 3 rings (SSSR count). The molecule has 20 heavy (non-hydrogen) atoms. The highest BCUT2D eigenvalue weighted by molar-refractivity contribution is 5.75. The third-order valence-electron chi connectivity index (χ3n) is 3.11. The third-order valence-corrected chi connectivity index (χ3v) is 3.11. The Labute approximate surface area is 112 Å². The highest BCUT2D eigenvalue weighted by atomic mass is 16.2. The molecule has 0 fully saturated rings. The van der Waals surface area contributed by atoms with Crippen molar-refractivity contribution in [1.29, 1.82) is 0 Å². The molecule has 0 amide bonds. The lowest BCUT2D eigenvalue weighted by molar-refractivity contribution is 0.832. The number of fused-ring (bicyclic) bond motifs is 1. The summed E-state index contributed by atoms with van der Waals surface area (Å²) in [6, 6.07) is 1.83. The van der Waals surface area contributed by atoms with Gasteiger partial charge in [0, 0.05) is 12.6 Å². The number of nitrogens with zero attached hydrogens (tertiary/aromatic N) is 4. The number of hydrogen-bond acceptors (Lipinski definition) is 5. The molecular weight excluding hydrogens is 260 g/mol. The van der Waals surface area contributed by atoms with Crippen LogP contribution >= 0.6 is 0 Å². The number of imidazole rings is 1. The molecule has 0 aliphatic heterocycles. The van der Waals surface area contributed by atoms with Crippen molar-refractivity contribution in [2.45, 2.75) is 13.8 Å². The topological polar surface area (TPSA) is 109 Å². The molecule has 102 valence electrons. The first-order valence-corrected chi connectivity index (χ1v) is 5.97. The Morgan fingerprint density at radius 3 is 2.65 bits per heavy atom. The molecule has 3 heterocycles. The molecule has 2 N–H and O–H groups in total. The Morgan fingerprint density at radius 1 is 1.15 bits per heavy atom. The number of aryl methyl sites for hydroxylation is 3. The zero-order valence-electron chi connectivity index (χ0n) is 11.2. The predicted octanol–water partition coefficient (Wildman–Crippen LogP) is 0.0237. The number of hydrogen-bond donors (Lipinski definition) is 2. The Morgan fingerprint density at radius 2 is 1.90 bits per heavy atom. The third kappa shape index (κ3) is 1.73. The summed E-state index contributed by atoms with van der Waals surface area (Å²) in [5, 5.41) is 7.98. The highest BCUT2D eigenvalue weighted by Crippen LogP contribution is 2.20. The van der Waals surface area contributed by atoms with Gasteiger partial charge in [0.1, 0.15) is 11.3 Å². The molecule has 0 atom stereocenters. The molecule has 0 saturated carbocycles. The number of nitrogens with one attached hydrogen (secondary N) is 2. The summed E-state index contributed by atoms with van der Waals surface area (Å²) in [6.07, 6.45) is 0. The van der Waals surface area contributed by atoms with Crippen LogP contribution in [0.15, 0.2) is 15.7 Å². The Bertz CT molecular complexity index is 933. The molecule has 3 aromatic rings. The Hall–Kier alpha value is -2.77. The van der Waals surface area contributed by atoms with Gasteiger partial charge in [0.2, 0.25) is 0 Å². The molecule has 0 aliphatic carbocycles. The predicted molar refractivity (Wildman–Crippen MR) is 72.5 cm³/mol. The number of rotatable bonds is 1. The molecule has 0 bridgehead atoms. The number of aromatic nitrogens is 6. The fourth-order valence-electron chi connectivity index (χ4n) is 2.02. The van der Waals surface area contributed by atoms with Crippen molar-refractivity contribution in [1.82, 2.24) is 29.7 Å². The van der Waals surface area contributed by atoms with Crippen LogP contribution in [0.1, 0.15) is 11.4 Å². The van der Waals surface area contributed by atoms with Gasteiger partial charge in [-0.2, -0.15) is 10.2 Å². The van der Waals surface area contributed by atoms with Gasteiger partial charge < -0.3 is 4.98 Å². The summed E-state index contributed by atoms with van der Waals surface area (Å²) in [5.74, 6) is 0.488. The molecule has 8 heteroatoms. The monoisotopic (exact) mass is 272 g/mol. The van der Waals surface area contributed by atoms with Crippen molar-refractivity contribution in [3.05, 3.63) is 38.3 Å². The highest BCUT2D eigenvalue weighted by Gasteiger charge is 2.14. The smallest absolute Gasteiger partial charge is 0.329 e. The summed E-state index contributed by atoms with van der Waals surface area (Å²) in [6.45, 7) is 3.62. The first kappa shape index (κ1) is 12.3. The SMILES string of the molecule is Cc1cc(-c2nc3c([nH]2)c(=O)[nH]c(=O)n3C)c(C)nn1. The molecule has 0 saturated heterocycles. The fraction of sp³-hybridized carbons (Fsp3) is 0.250. The standard InChI is InChI=1S/C12H12N6O2/c1-5-4-7(6(2)17-16-5)9-13-8-10(14-9)18(3)12(20)15-11(8)19/h4H,1-3H3,(H,13,14)(H,15,19,20). The first-order valence-electron chi connectivity index (χ1n) is 5.97. The van der Waals surface area contributed by atoms with E-state index in [0.717, 1.165) is 11.3 Å². The maximum Gasteiger partial charge on any atom is 0.329 e. The van der Waals surface area contributed by atoms with Crippen LogP contribution in [0.5, 0.6) is 0 Å². The largest absolute Gasteiger partial charge is 0.332 e. The van der Waals surface area contributed by atoms with Crippen molar-refractivity contribution < 1.29 is 0 Å². The Kier molecular flexibility index (Phi) is 2.53. The lowest BCUT2D eigenvalue weighted by atomic mass is 10.2. The van der Waals surface area contributed by atoms with Gasteiger partial charge in [0.15, 0.2) is 5.65 Å². The maximum absolute atomic E-state index is 11.8. The van der Waals surface area contributed by atoms with Gasteiger partial charge in [-0.05, 0) is 19.9 Å². The summed E-state index contributed by atoms with van der Waals surface area (Å²) in [4.78, 5) is 32.8. The van der Waals surface area contributed by atoms with Gasteiger partial charge in [-0.15, -0.1) is 0 Å². The van der Waals surface area contributed by atoms with Gasteiger partial charge in [-0.3, -0.25) is 14.3 Å². The average Bonchev–Trinajstić information content (AvgIpc) is 2.84. The second-order valence-electron chi connectivity index (χ2n) is 4.59. The van der Waals surface area contributed by atoms with E-state index in [4.69, 9.17) is 0 Å². The van der Waals surface area contributed by atoms with E-state index in [9.17, 15) is 9.59 Å². The van der Waals surface area contributed by atoms with E-state index in [1.54, 1.807) is 14.0 Å². The van der Waals surface area contributed by atoms with E-state index in [0.29, 0.717) is 17.2 Å². The van der Waals surface area contributed by atoms with Crippen LogP contribution in [0.25, 0.3) is 22.6 Å². The minimum absolute atomic E-state index is 0.260. The molecular formula is C12H12N6O2. The molecule has 0 radical (unpaired) electrons. The molecule has 8 nitrogen and oxygen atoms in total. The maximum atomic E-state index is 11.8. The minimum atomic E-state index is -0.499. The van der Waals surface area contributed by atoms with Crippen LogP contribution in [0.2, 0.25) is 0 Å². The van der Waals surface area contributed by atoms with Gasteiger partial charge in [0.25, 0.3) is 5.56 Å². The molecule has 0 aliphatic rings. The van der Waals surface area contributed by atoms with Crippen molar-refractivity contribution in [2.75, 3.05) is 0 Å². The van der Waals surface area contributed by atoms with Gasteiger partial charge in [-0.1, -0.05) is 0 Å². The van der Waals surface area contributed by atoms with Crippen molar-refractivity contribution in [3.8, 4) is 11.4 Å². The van der Waals surface area contributed by atoms with Crippen LogP contribution in [0.4, 0.5) is 0 Å². The van der Waals surface area contributed by atoms with Crippen LogP contribution < -0.4 is 11.2 Å². The van der Waals surface area contributed by atoms with Crippen LogP contribution in [-0.4, -0.2) is 29.7 Å². The quantitative estimate of drug-likeness (QED) is 0.649. The van der Waals surface area contributed by atoms with Crippen molar-refractivity contribution in [2.24, 2.45) is 7.05 Å². The van der Waals surface area contributed by atoms with E-state index in [2.05, 4.69) is 25.1 Å². The lowest BCUT2D eigenvalue weighted by Crippen LogP contribution is -2.28. The summed E-state index contributed by atoms with van der Waals surface area (Å²) in [7, 11) is 1.55. The van der Waals surface area contributed by atoms with Crippen LogP contribution in [-0.2, 0) is 7.05 Å². The van der Waals surface area contributed by atoms with Crippen molar-refractivity contribution >= 4 is 11.2 Å². The summed E-state index contributed by atoms with van der Waals surface area (Å²) in [5.41, 5.74) is 1.77. The van der Waals surface area contributed by atoms with E-state index < -0.39 is 11.2 Å². The normalized spacial score (nSPS) is 11.2. The van der Waals surface area contributed by atoms with Crippen molar-refractivity contribution in [3.63, 3.8) is 0 Å².